The zero-order valence-electron chi connectivity index (χ0n) is 17.3. The van der Waals surface area contributed by atoms with Crippen molar-refractivity contribution in [3.63, 3.8) is 0 Å². The van der Waals surface area contributed by atoms with Crippen LogP contribution >= 0.6 is 15.9 Å². The Labute approximate surface area is 175 Å². The second-order valence-corrected chi connectivity index (χ2v) is 7.10. The molecule has 0 bridgehead atoms. The number of carboxylic acid groups (broad SMARTS) is 4. The van der Waals surface area contributed by atoms with E-state index >= 15 is 0 Å². The fourth-order valence-corrected chi connectivity index (χ4v) is 1.56. The molecule has 0 aliphatic rings. The third-order valence-electron chi connectivity index (χ3n) is 1.63. The molecular weight excluding hydrogens is 432 g/mol. The molecule has 1 heterocycles. The summed E-state index contributed by atoms with van der Waals surface area (Å²) in [6.07, 6.45) is -1.87. The average molecular weight is 465 g/mol. The van der Waals surface area contributed by atoms with Crippen molar-refractivity contribution in [2.45, 2.75) is 41.5 Å². The highest BCUT2D eigenvalue weighted by molar-refractivity contribution is 9.10. The molecule has 1 aromatic carbocycles. The van der Waals surface area contributed by atoms with Crippen LogP contribution in [0.2, 0.25) is 0 Å². The summed E-state index contributed by atoms with van der Waals surface area (Å²) in [7, 11) is 0. The zero-order chi connectivity index (χ0) is 22.0. The van der Waals surface area contributed by atoms with E-state index in [1.807, 2.05) is 24.3 Å². The molecule has 0 fully saturated rings. The van der Waals surface area contributed by atoms with Crippen LogP contribution in [-0.4, -0.2) is 37.7 Å². The molecule has 0 atom stereocenters. The highest BCUT2D eigenvalue weighted by Crippen LogP contribution is 2.20. The van der Waals surface area contributed by atoms with Crippen LogP contribution < -0.4 is 6.15 Å². The number of rotatable bonds is 0. The maximum Gasteiger partial charge on any atom is 0.503 e. The van der Waals surface area contributed by atoms with E-state index in [0.29, 0.717) is 0 Å². The van der Waals surface area contributed by atoms with Gasteiger partial charge in [-0.05, 0) is 39.2 Å². The Morgan fingerprint density at radius 1 is 0.821 bits per heavy atom. The first kappa shape index (κ1) is 33.2. The minimum Gasteiger partial charge on any atom is -0.450 e. The molecule has 8 nitrogen and oxygen atoms in total. The van der Waals surface area contributed by atoms with Crippen LogP contribution in [-0.2, 0) is 0 Å². The van der Waals surface area contributed by atoms with Gasteiger partial charge in [0.1, 0.15) is 4.60 Å². The van der Waals surface area contributed by atoms with Crippen LogP contribution in [0.25, 0.3) is 10.8 Å². The van der Waals surface area contributed by atoms with Crippen LogP contribution in [0.1, 0.15) is 41.5 Å². The van der Waals surface area contributed by atoms with Crippen LogP contribution in [0, 0.1) is 11.8 Å². The SMILES string of the molecule is Brc1nccc2ccccc12.CC(C)C.CC(C)C.N.O=C(O)O.O=C(O)O. The highest BCUT2D eigenvalue weighted by atomic mass is 79.9. The van der Waals surface area contributed by atoms with E-state index in [1.165, 1.54) is 5.39 Å². The zero-order valence-corrected chi connectivity index (χ0v) is 18.8. The first-order valence-electron chi connectivity index (χ1n) is 8.14. The molecule has 28 heavy (non-hydrogen) atoms. The molecule has 7 N–H and O–H groups in total. The van der Waals surface area contributed by atoms with Gasteiger partial charge < -0.3 is 26.6 Å². The quantitative estimate of drug-likeness (QED) is 0.261. The van der Waals surface area contributed by atoms with Crippen molar-refractivity contribution < 1.29 is 30.0 Å². The Bertz CT molecular complexity index is 614. The molecule has 0 saturated carbocycles. The number of fused-ring (bicyclic) bond motifs is 1. The number of carbonyl (C=O) groups is 2. The number of benzene rings is 1. The normalized spacial score (nSPS) is 8.32. The van der Waals surface area contributed by atoms with E-state index in [1.54, 1.807) is 6.20 Å². The van der Waals surface area contributed by atoms with E-state index in [0.717, 1.165) is 21.8 Å². The van der Waals surface area contributed by atoms with Crippen molar-refractivity contribution >= 4 is 39.0 Å². The van der Waals surface area contributed by atoms with Crippen molar-refractivity contribution in [1.29, 1.82) is 0 Å². The fraction of sp³-hybridized carbons (Fsp3) is 0.421. The summed E-state index contributed by atoms with van der Waals surface area (Å²) in [5.41, 5.74) is 0. The van der Waals surface area contributed by atoms with Gasteiger partial charge in [-0.15, -0.1) is 0 Å². The average Bonchev–Trinajstić information content (AvgIpc) is 2.45. The summed E-state index contributed by atoms with van der Waals surface area (Å²) < 4.78 is 0.913. The fourth-order valence-electron chi connectivity index (χ4n) is 1.08. The molecule has 9 heteroatoms. The predicted molar refractivity (Wildman–Crippen MR) is 117 cm³/mol. The van der Waals surface area contributed by atoms with Crippen molar-refractivity contribution in [3.05, 3.63) is 41.1 Å². The molecule has 2 rings (SSSR count). The first-order valence-corrected chi connectivity index (χ1v) is 8.93. The lowest BCUT2D eigenvalue weighted by Gasteiger charge is -1.96. The lowest BCUT2D eigenvalue weighted by Crippen LogP contribution is -1.81. The van der Waals surface area contributed by atoms with Gasteiger partial charge in [0.25, 0.3) is 0 Å². The molecule has 0 aliphatic heterocycles. The Morgan fingerprint density at radius 2 is 1.14 bits per heavy atom. The minimum atomic E-state index is -1.83. The van der Waals surface area contributed by atoms with Crippen molar-refractivity contribution in [2.75, 3.05) is 0 Å². The lowest BCUT2D eigenvalue weighted by atomic mass is 10.2. The smallest absolute Gasteiger partial charge is 0.450 e. The van der Waals surface area contributed by atoms with Gasteiger partial charge in [0.05, 0.1) is 0 Å². The van der Waals surface area contributed by atoms with Gasteiger partial charge in [-0.3, -0.25) is 0 Å². The molecule has 1 aromatic heterocycles. The van der Waals surface area contributed by atoms with Crippen LogP contribution in [0.3, 0.4) is 0 Å². The van der Waals surface area contributed by atoms with Gasteiger partial charge >= 0.3 is 12.3 Å². The van der Waals surface area contributed by atoms with Crippen molar-refractivity contribution in [1.82, 2.24) is 11.1 Å². The minimum absolute atomic E-state index is 0. The topological polar surface area (TPSA) is 163 Å². The maximum atomic E-state index is 8.56. The van der Waals surface area contributed by atoms with Gasteiger partial charge in [0.15, 0.2) is 0 Å². The largest absolute Gasteiger partial charge is 0.503 e. The second-order valence-electron chi connectivity index (χ2n) is 6.35. The number of nitrogens with zero attached hydrogens (tertiary/aromatic N) is 1. The first-order chi connectivity index (χ1) is 12.3. The summed E-state index contributed by atoms with van der Waals surface area (Å²) in [6, 6.07) is 10.2. The summed E-state index contributed by atoms with van der Waals surface area (Å²) in [5.74, 6) is 1.67. The Kier molecular flexibility index (Phi) is 24.8. The van der Waals surface area contributed by atoms with Gasteiger partial charge in [0, 0.05) is 11.6 Å². The molecular formula is C19H33BrN2O6. The van der Waals surface area contributed by atoms with E-state index in [2.05, 4.69) is 68.5 Å². The molecule has 0 amide bonds. The predicted octanol–water partition coefficient (Wildman–Crippen LogP) is 6.93. The number of halogens is 1. The molecule has 0 spiro atoms. The third-order valence-corrected chi connectivity index (χ3v) is 2.26. The summed E-state index contributed by atoms with van der Waals surface area (Å²) in [6.45, 7) is 13.0. The summed E-state index contributed by atoms with van der Waals surface area (Å²) in [5, 5.41) is 30.3. The summed E-state index contributed by atoms with van der Waals surface area (Å²) in [4.78, 5) is 21.2. The Morgan fingerprint density at radius 3 is 1.46 bits per heavy atom. The van der Waals surface area contributed by atoms with E-state index < -0.39 is 12.3 Å². The standard InChI is InChI=1S/C9H6BrN.2C4H10.2CH2O3.H3N/c10-9-8-4-2-1-3-7(8)5-6-11-9;2*1-4(2)3;2*2-1(3)4;/h1-6H;2*4H,1-3H3;2*(H2,2,3,4);1H3. The number of pyridine rings is 1. The van der Waals surface area contributed by atoms with Crippen LogP contribution in [0.5, 0.6) is 0 Å². The van der Waals surface area contributed by atoms with Crippen molar-refractivity contribution in [2.24, 2.45) is 11.8 Å². The molecule has 162 valence electrons. The van der Waals surface area contributed by atoms with Gasteiger partial charge in [-0.25, -0.2) is 14.6 Å². The second kappa shape index (κ2) is 20.9. The van der Waals surface area contributed by atoms with Gasteiger partial charge in [-0.2, -0.15) is 0 Å². The molecule has 0 radical (unpaired) electrons. The van der Waals surface area contributed by atoms with E-state index in [9.17, 15) is 0 Å². The Hall–Kier alpha value is -2.39. The van der Waals surface area contributed by atoms with Crippen LogP contribution in [0.4, 0.5) is 9.59 Å². The van der Waals surface area contributed by atoms with Crippen LogP contribution in [0.15, 0.2) is 41.1 Å². The Balaban J connectivity index is -0.000000145. The molecule has 0 unspecified atom stereocenters. The number of aromatic nitrogens is 1. The van der Waals surface area contributed by atoms with Gasteiger partial charge in [0.2, 0.25) is 0 Å². The molecule has 0 aliphatic carbocycles. The number of hydrogen-bond acceptors (Lipinski definition) is 4. The molecule has 0 saturated heterocycles. The third kappa shape index (κ3) is 34.9. The number of hydrogen-bond donors (Lipinski definition) is 5. The lowest BCUT2D eigenvalue weighted by molar-refractivity contribution is 0.135. The van der Waals surface area contributed by atoms with E-state index in [-0.39, 0.29) is 6.15 Å². The molecule has 2 aromatic rings. The van der Waals surface area contributed by atoms with Crippen molar-refractivity contribution in [3.8, 4) is 0 Å². The van der Waals surface area contributed by atoms with E-state index in [4.69, 9.17) is 30.0 Å². The highest BCUT2D eigenvalue weighted by Gasteiger charge is 1.95. The maximum absolute atomic E-state index is 8.56. The summed E-state index contributed by atoms with van der Waals surface area (Å²) >= 11 is 3.39. The monoisotopic (exact) mass is 464 g/mol. The van der Waals surface area contributed by atoms with Gasteiger partial charge in [-0.1, -0.05) is 65.8 Å².